The van der Waals surface area contributed by atoms with Crippen LogP contribution in [0.2, 0.25) is 19.6 Å². The van der Waals surface area contributed by atoms with Gasteiger partial charge >= 0.3 is 0 Å². The van der Waals surface area contributed by atoms with E-state index in [0.29, 0.717) is 0 Å². The second kappa shape index (κ2) is 7.09. The number of hydrogen-bond acceptors (Lipinski definition) is 2. The number of furan rings is 1. The van der Waals surface area contributed by atoms with Crippen LogP contribution in [0.15, 0.2) is 47.0 Å². The average molecular weight is 416 g/mol. The largest absolute Gasteiger partial charge is 0.455 e. The number of aromatic nitrogens is 1. The fourth-order valence-electron chi connectivity index (χ4n) is 4.37. The van der Waals surface area contributed by atoms with Crippen molar-refractivity contribution < 1.29 is 4.42 Å². The molecule has 0 unspecified atom stereocenters. The van der Waals surface area contributed by atoms with Crippen LogP contribution < -0.4 is 5.19 Å². The number of fused-ring (bicyclic) bond motifs is 3. The molecule has 0 atom stereocenters. The van der Waals surface area contributed by atoms with Gasteiger partial charge in [0.1, 0.15) is 11.2 Å². The molecule has 0 aliphatic heterocycles. The summed E-state index contributed by atoms with van der Waals surface area (Å²) in [5, 5.41) is 4.00. The van der Waals surface area contributed by atoms with Crippen molar-refractivity contribution >= 4 is 35.2 Å². The topological polar surface area (TPSA) is 26.0 Å². The van der Waals surface area contributed by atoms with Gasteiger partial charge in [0, 0.05) is 22.5 Å². The Hall–Kier alpha value is -2.39. The Morgan fingerprint density at radius 2 is 1.70 bits per heavy atom. The Morgan fingerprint density at radius 3 is 2.37 bits per heavy atom. The van der Waals surface area contributed by atoms with Crippen LogP contribution >= 0.6 is 0 Å². The van der Waals surface area contributed by atoms with Crippen LogP contribution in [0.3, 0.4) is 0 Å². The molecule has 3 heteroatoms. The molecule has 0 amide bonds. The molecule has 0 aliphatic rings. The summed E-state index contributed by atoms with van der Waals surface area (Å²) in [7, 11) is -1.57. The molecule has 0 spiro atoms. The monoisotopic (exact) mass is 415 g/mol. The summed E-state index contributed by atoms with van der Waals surface area (Å²) >= 11 is 0. The second-order valence-corrected chi connectivity index (χ2v) is 15.9. The maximum Gasteiger partial charge on any atom is 0.144 e. The summed E-state index contributed by atoms with van der Waals surface area (Å²) < 4.78 is 6.54. The van der Waals surface area contributed by atoms with E-state index >= 15 is 0 Å². The van der Waals surface area contributed by atoms with Gasteiger partial charge in [0.25, 0.3) is 0 Å². The van der Waals surface area contributed by atoms with E-state index in [1.54, 1.807) is 0 Å². The predicted octanol–water partition coefficient (Wildman–Crippen LogP) is 7.40. The lowest BCUT2D eigenvalue weighted by atomic mass is 9.88. The summed E-state index contributed by atoms with van der Waals surface area (Å²) in [4.78, 5) is 4.74. The van der Waals surface area contributed by atoms with Gasteiger partial charge < -0.3 is 4.42 Å². The zero-order valence-corrected chi connectivity index (χ0v) is 20.6. The normalized spacial score (nSPS) is 12.8. The van der Waals surface area contributed by atoms with Crippen molar-refractivity contribution in [3.05, 3.63) is 59.3 Å². The van der Waals surface area contributed by atoms with Crippen molar-refractivity contribution in [2.24, 2.45) is 5.41 Å². The van der Waals surface area contributed by atoms with Gasteiger partial charge in [-0.2, -0.15) is 0 Å². The minimum atomic E-state index is -1.57. The molecule has 0 bridgehead atoms. The molecule has 4 aromatic rings. The van der Waals surface area contributed by atoms with E-state index in [1.165, 1.54) is 32.6 Å². The van der Waals surface area contributed by atoms with Crippen molar-refractivity contribution in [1.29, 1.82) is 0 Å². The highest BCUT2D eigenvalue weighted by molar-refractivity contribution is 6.90. The van der Waals surface area contributed by atoms with Gasteiger partial charge in [-0.1, -0.05) is 52.5 Å². The van der Waals surface area contributed by atoms with Crippen LogP contribution in [0.5, 0.6) is 0 Å². The van der Waals surface area contributed by atoms with Crippen LogP contribution in [-0.4, -0.2) is 13.1 Å². The second-order valence-electron chi connectivity index (χ2n) is 10.9. The van der Waals surface area contributed by atoms with E-state index in [1.807, 2.05) is 6.20 Å². The van der Waals surface area contributed by atoms with Crippen LogP contribution in [-0.2, 0) is 6.42 Å². The van der Waals surface area contributed by atoms with Gasteiger partial charge in [0.2, 0.25) is 0 Å². The summed E-state index contributed by atoms with van der Waals surface area (Å²) in [5.41, 5.74) is 8.17. The summed E-state index contributed by atoms with van der Waals surface area (Å²) in [6.07, 6.45) is 2.95. The molecule has 0 aliphatic carbocycles. The van der Waals surface area contributed by atoms with Gasteiger partial charge in [0.15, 0.2) is 0 Å². The third kappa shape index (κ3) is 3.71. The van der Waals surface area contributed by atoms with Crippen LogP contribution in [0.25, 0.3) is 33.2 Å². The van der Waals surface area contributed by atoms with Crippen molar-refractivity contribution in [1.82, 2.24) is 4.98 Å². The third-order valence-electron chi connectivity index (χ3n) is 5.96. The highest BCUT2D eigenvalue weighted by Gasteiger charge is 2.25. The first kappa shape index (κ1) is 20.9. The van der Waals surface area contributed by atoms with Crippen molar-refractivity contribution in [2.45, 2.75) is 60.7 Å². The number of hydrogen-bond donors (Lipinski definition) is 0. The molecule has 0 fully saturated rings. The molecule has 2 nitrogen and oxygen atoms in total. The van der Waals surface area contributed by atoms with Gasteiger partial charge in [-0.15, -0.1) is 0 Å². The number of pyridine rings is 1. The van der Waals surface area contributed by atoms with Crippen molar-refractivity contribution in [3.63, 3.8) is 0 Å². The first-order valence-corrected chi connectivity index (χ1v) is 14.4. The average Bonchev–Trinajstić information content (AvgIpc) is 3.00. The van der Waals surface area contributed by atoms with Crippen LogP contribution in [0, 0.1) is 19.3 Å². The van der Waals surface area contributed by atoms with E-state index in [2.05, 4.69) is 90.7 Å². The Labute approximate surface area is 181 Å². The maximum absolute atomic E-state index is 6.54. The fraction of sp³-hybridized carbons (Fsp3) is 0.370. The molecule has 0 N–H and O–H groups in total. The molecular formula is C27H33NOSi. The highest BCUT2D eigenvalue weighted by atomic mass is 28.3. The van der Waals surface area contributed by atoms with E-state index in [-0.39, 0.29) is 5.41 Å². The zero-order chi connectivity index (χ0) is 21.8. The Balaban J connectivity index is 2.08. The first-order chi connectivity index (χ1) is 14.0. The SMILES string of the molecule is Cc1ccnc(-c2ccc([Si](C)(C)C)c3c2oc2ccc(CC(C)(C)C)cc23)c1C. The van der Waals surface area contributed by atoms with Gasteiger partial charge in [-0.05, 0) is 71.8 Å². The van der Waals surface area contributed by atoms with E-state index in [9.17, 15) is 0 Å². The number of nitrogens with zero attached hydrogens (tertiary/aromatic N) is 1. The smallest absolute Gasteiger partial charge is 0.144 e. The molecule has 30 heavy (non-hydrogen) atoms. The standard InChI is InChI=1S/C27H33NOSi/c1-17-13-14-28-25(18(17)2)20-10-12-23(30(6,7)8)24-21-15-19(16-27(3,4)5)9-11-22(21)29-26(20)24/h9-15H,16H2,1-8H3. The Kier molecular flexibility index (Phi) is 4.93. The molecule has 0 saturated heterocycles. The summed E-state index contributed by atoms with van der Waals surface area (Å²) in [5.74, 6) is 0. The van der Waals surface area contributed by atoms with Crippen LogP contribution in [0.4, 0.5) is 0 Å². The molecular weight excluding hydrogens is 382 g/mol. The van der Waals surface area contributed by atoms with E-state index in [4.69, 9.17) is 9.40 Å². The Morgan fingerprint density at radius 1 is 0.967 bits per heavy atom. The molecule has 156 valence electrons. The molecule has 2 aromatic carbocycles. The molecule has 4 rings (SSSR count). The zero-order valence-electron chi connectivity index (χ0n) is 19.6. The molecule has 0 saturated carbocycles. The maximum atomic E-state index is 6.54. The molecule has 2 heterocycles. The quantitative estimate of drug-likeness (QED) is 0.326. The number of rotatable bonds is 3. The predicted molar refractivity (Wildman–Crippen MR) is 133 cm³/mol. The van der Waals surface area contributed by atoms with E-state index < -0.39 is 8.07 Å². The summed E-state index contributed by atoms with van der Waals surface area (Å²) in [6.45, 7) is 18.4. The fourth-order valence-corrected chi connectivity index (χ4v) is 5.95. The minimum absolute atomic E-state index is 0.253. The lowest BCUT2D eigenvalue weighted by Crippen LogP contribution is -2.38. The molecule has 0 radical (unpaired) electrons. The van der Waals surface area contributed by atoms with Gasteiger partial charge in [-0.3, -0.25) is 4.98 Å². The van der Waals surface area contributed by atoms with Gasteiger partial charge in [0.05, 0.1) is 13.8 Å². The molecule has 2 aromatic heterocycles. The number of aryl methyl sites for hydroxylation is 1. The lowest BCUT2D eigenvalue weighted by Gasteiger charge is -2.20. The Bertz CT molecular complexity index is 1250. The highest BCUT2D eigenvalue weighted by Crippen LogP contribution is 2.37. The summed E-state index contributed by atoms with van der Waals surface area (Å²) in [6, 6.07) is 13.4. The van der Waals surface area contributed by atoms with Gasteiger partial charge in [-0.25, -0.2) is 0 Å². The first-order valence-electron chi connectivity index (χ1n) is 10.9. The van der Waals surface area contributed by atoms with Crippen LogP contribution in [0.1, 0.15) is 37.5 Å². The van der Waals surface area contributed by atoms with Crippen molar-refractivity contribution in [2.75, 3.05) is 0 Å². The van der Waals surface area contributed by atoms with E-state index in [0.717, 1.165) is 28.8 Å². The van der Waals surface area contributed by atoms with Crippen molar-refractivity contribution in [3.8, 4) is 11.3 Å². The lowest BCUT2D eigenvalue weighted by molar-refractivity contribution is 0.411. The number of benzene rings is 2. The third-order valence-corrected chi connectivity index (χ3v) is 7.99. The minimum Gasteiger partial charge on any atom is -0.455 e.